The minimum Gasteiger partial charge on any atom is -0.489 e. The summed E-state index contributed by atoms with van der Waals surface area (Å²) in [6, 6.07) is 7.87. The van der Waals surface area contributed by atoms with Crippen molar-refractivity contribution in [3.05, 3.63) is 51.7 Å². The molecular weight excluding hydrogens is 367 g/mol. The number of ketones is 1. The Kier molecular flexibility index (Phi) is 4.52. The van der Waals surface area contributed by atoms with E-state index >= 15 is 0 Å². The minimum atomic E-state index is -0.587. The van der Waals surface area contributed by atoms with Gasteiger partial charge in [-0.2, -0.15) is 0 Å². The first-order valence-electron chi connectivity index (χ1n) is 7.06. The van der Waals surface area contributed by atoms with Gasteiger partial charge in [0.1, 0.15) is 31.4 Å². The van der Waals surface area contributed by atoms with Gasteiger partial charge in [-0.05, 0) is 31.2 Å². The van der Waals surface area contributed by atoms with Gasteiger partial charge in [0.05, 0.1) is 5.56 Å². The second-order valence-corrected chi connectivity index (χ2v) is 5.93. The molecule has 0 spiro atoms. The molecule has 0 atom stereocenters. The number of ether oxygens (including phenoxy) is 3. The number of halogens is 2. The van der Waals surface area contributed by atoms with Crippen LogP contribution in [0.25, 0.3) is 0 Å². The number of carbonyl (C=O) groups is 1. The second kappa shape index (κ2) is 6.58. The zero-order valence-electron chi connectivity index (χ0n) is 12.4. The predicted octanol–water partition coefficient (Wildman–Crippen LogP) is 4.14. The topological polar surface area (TPSA) is 44.8 Å². The van der Waals surface area contributed by atoms with E-state index in [0.29, 0.717) is 30.5 Å². The molecule has 1 aliphatic rings. The van der Waals surface area contributed by atoms with Crippen LogP contribution in [-0.2, 0) is 6.61 Å². The molecule has 0 aromatic heterocycles. The molecule has 0 amide bonds. The fourth-order valence-corrected chi connectivity index (χ4v) is 2.69. The Labute approximate surface area is 141 Å². The number of carbonyl (C=O) groups excluding carboxylic acids is 1. The number of Topliss-reactive ketones (excluding diaryl/α,β-unsaturated/α-hetero) is 1. The first-order chi connectivity index (χ1) is 11.0. The lowest BCUT2D eigenvalue weighted by molar-refractivity contribution is 0.101. The van der Waals surface area contributed by atoms with E-state index < -0.39 is 5.82 Å². The Hall–Kier alpha value is -2.08. The summed E-state index contributed by atoms with van der Waals surface area (Å²) in [4.78, 5) is 11.2. The molecule has 4 nitrogen and oxygen atoms in total. The highest BCUT2D eigenvalue weighted by Crippen LogP contribution is 2.36. The Bertz CT molecular complexity index is 760. The van der Waals surface area contributed by atoms with Crippen molar-refractivity contribution < 1.29 is 23.4 Å². The van der Waals surface area contributed by atoms with Crippen molar-refractivity contribution in [1.82, 2.24) is 0 Å². The van der Waals surface area contributed by atoms with Gasteiger partial charge in [0.15, 0.2) is 17.3 Å². The fourth-order valence-electron chi connectivity index (χ4n) is 2.25. The average molecular weight is 381 g/mol. The van der Waals surface area contributed by atoms with Crippen molar-refractivity contribution in [3.63, 3.8) is 0 Å². The normalized spacial score (nSPS) is 12.8. The fraction of sp³-hybridized carbons (Fsp3) is 0.235. The van der Waals surface area contributed by atoms with E-state index in [2.05, 4.69) is 15.9 Å². The summed E-state index contributed by atoms with van der Waals surface area (Å²) in [5.41, 5.74) is 0.906. The molecule has 0 unspecified atom stereocenters. The van der Waals surface area contributed by atoms with Crippen LogP contribution in [0.3, 0.4) is 0 Å². The molecule has 3 rings (SSSR count). The molecular formula is C17H14BrFO4. The molecule has 0 bridgehead atoms. The van der Waals surface area contributed by atoms with E-state index in [1.54, 1.807) is 6.07 Å². The van der Waals surface area contributed by atoms with E-state index in [1.807, 2.05) is 12.1 Å². The Balaban J connectivity index is 1.76. The predicted molar refractivity (Wildman–Crippen MR) is 85.9 cm³/mol. The van der Waals surface area contributed by atoms with E-state index in [1.165, 1.54) is 19.1 Å². The monoisotopic (exact) mass is 380 g/mol. The summed E-state index contributed by atoms with van der Waals surface area (Å²) in [7, 11) is 0. The summed E-state index contributed by atoms with van der Waals surface area (Å²) >= 11 is 3.46. The summed E-state index contributed by atoms with van der Waals surface area (Å²) < 4.78 is 31.2. The third kappa shape index (κ3) is 3.47. The van der Waals surface area contributed by atoms with Crippen LogP contribution in [0.2, 0.25) is 0 Å². The van der Waals surface area contributed by atoms with Crippen LogP contribution in [0.5, 0.6) is 17.2 Å². The number of benzene rings is 2. The van der Waals surface area contributed by atoms with Crippen molar-refractivity contribution in [3.8, 4) is 17.2 Å². The lowest BCUT2D eigenvalue weighted by Gasteiger charge is -2.20. The molecule has 6 heteroatoms. The van der Waals surface area contributed by atoms with Gasteiger partial charge < -0.3 is 14.2 Å². The zero-order chi connectivity index (χ0) is 16.4. The molecule has 0 radical (unpaired) electrons. The van der Waals surface area contributed by atoms with Crippen LogP contribution in [0, 0.1) is 5.82 Å². The van der Waals surface area contributed by atoms with E-state index in [9.17, 15) is 9.18 Å². The summed E-state index contributed by atoms with van der Waals surface area (Å²) in [5.74, 6) is 0.800. The van der Waals surface area contributed by atoms with Gasteiger partial charge in [-0.15, -0.1) is 0 Å². The van der Waals surface area contributed by atoms with Crippen molar-refractivity contribution in [2.24, 2.45) is 0 Å². The van der Waals surface area contributed by atoms with E-state index in [0.717, 1.165) is 10.0 Å². The zero-order valence-corrected chi connectivity index (χ0v) is 14.0. The molecule has 0 saturated carbocycles. The largest absolute Gasteiger partial charge is 0.489 e. The van der Waals surface area contributed by atoms with Gasteiger partial charge >= 0.3 is 0 Å². The quantitative estimate of drug-likeness (QED) is 0.747. The molecule has 23 heavy (non-hydrogen) atoms. The van der Waals surface area contributed by atoms with Gasteiger partial charge in [-0.3, -0.25) is 4.79 Å². The number of hydrogen-bond acceptors (Lipinski definition) is 4. The molecule has 0 fully saturated rings. The van der Waals surface area contributed by atoms with Crippen LogP contribution in [-0.4, -0.2) is 19.0 Å². The van der Waals surface area contributed by atoms with Crippen LogP contribution >= 0.6 is 15.9 Å². The average Bonchev–Trinajstić information content (AvgIpc) is 2.52. The first-order valence-corrected chi connectivity index (χ1v) is 7.85. The van der Waals surface area contributed by atoms with Crippen LogP contribution in [0.4, 0.5) is 4.39 Å². The Morgan fingerprint density at radius 3 is 2.57 bits per heavy atom. The first kappa shape index (κ1) is 15.8. The van der Waals surface area contributed by atoms with Gasteiger partial charge in [0.2, 0.25) is 0 Å². The number of hydrogen-bond donors (Lipinski definition) is 0. The lowest BCUT2D eigenvalue weighted by Crippen LogP contribution is -2.15. The molecule has 2 aromatic carbocycles. The van der Waals surface area contributed by atoms with Crippen LogP contribution in [0.15, 0.2) is 34.8 Å². The molecule has 0 N–H and O–H groups in total. The number of rotatable bonds is 4. The molecule has 2 aromatic rings. The van der Waals surface area contributed by atoms with E-state index in [-0.39, 0.29) is 18.0 Å². The highest BCUT2D eigenvalue weighted by Gasteiger charge is 2.15. The van der Waals surface area contributed by atoms with E-state index in [4.69, 9.17) is 14.2 Å². The van der Waals surface area contributed by atoms with Crippen LogP contribution < -0.4 is 14.2 Å². The molecule has 120 valence electrons. The minimum absolute atomic E-state index is 0.0536. The molecule has 1 aliphatic heterocycles. The Morgan fingerprint density at radius 1 is 1.22 bits per heavy atom. The smallest absolute Gasteiger partial charge is 0.162 e. The van der Waals surface area contributed by atoms with Crippen LogP contribution in [0.1, 0.15) is 22.8 Å². The SMILES string of the molecule is CC(=O)c1ccc(OCc2cc3c(cc2Br)OCCO3)cc1F. The van der Waals surface area contributed by atoms with Gasteiger partial charge in [-0.25, -0.2) is 4.39 Å². The molecule has 0 saturated heterocycles. The van der Waals surface area contributed by atoms with Gasteiger partial charge in [0.25, 0.3) is 0 Å². The van der Waals surface area contributed by atoms with Crippen molar-refractivity contribution in [2.75, 3.05) is 13.2 Å². The maximum Gasteiger partial charge on any atom is 0.162 e. The molecule has 1 heterocycles. The highest BCUT2D eigenvalue weighted by molar-refractivity contribution is 9.10. The standard InChI is InChI=1S/C17H14BrFO4/c1-10(20)13-3-2-12(7-15(13)19)23-9-11-6-16-17(8-14(11)18)22-5-4-21-16/h2-3,6-8H,4-5,9H2,1H3. The maximum absolute atomic E-state index is 13.8. The Morgan fingerprint density at radius 2 is 1.91 bits per heavy atom. The highest BCUT2D eigenvalue weighted by atomic mass is 79.9. The summed E-state index contributed by atoms with van der Waals surface area (Å²) in [6.07, 6.45) is 0. The second-order valence-electron chi connectivity index (χ2n) is 5.07. The van der Waals surface area contributed by atoms with Crippen molar-refractivity contribution in [2.45, 2.75) is 13.5 Å². The summed E-state index contributed by atoms with van der Waals surface area (Å²) in [6.45, 7) is 2.59. The summed E-state index contributed by atoms with van der Waals surface area (Å²) in [5, 5.41) is 0. The van der Waals surface area contributed by atoms with Gasteiger partial charge in [-0.1, -0.05) is 15.9 Å². The van der Waals surface area contributed by atoms with Crippen molar-refractivity contribution >= 4 is 21.7 Å². The third-order valence-electron chi connectivity index (χ3n) is 3.43. The molecule has 0 aliphatic carbocycles. The lowest BCUT2D eigenvalue weighted by atomic mass is 10.1. The number of fused-ring (bicyclic) bond motifs is 1. The third-order valence-corrected chi connectivity index (χ3v) is 4.16. The van der Waals surface area contributed by atoms with Gasteiger partial charge in [0, 0.05) is 16.1 Å². The maximum atomic E-state index is 13.8. The van der Waals surface area contributed by atoms with Crippen molar-refractivity contribution in [1.29, 1.82) is 0 Å².